The molecule has 0 saturated carbocycles. The molecule has 0 aliphatic heterocycles. The van der Waals surface area contributed by atoms with Crippen molar-refractivity contribution in [1.82, 2.24) is 10.3 Å². The molecule has 128 valence electrons. The Kier molecular flexibility index (Phi) is 10.2. The van der Waals surface area contributed by atoms with Crippen LogP contribution in [0.15, 0.2) is 30.5 Å². The average molecular weight is 379 g/mol. The Labute approximate surface area is 154 Å². The van der Waals surface area contributed by atoms with Crippen LogP contribution in [0.3, 0.4) is 0 Å². The highest BCUT2D eigenvalue weighted by Crippen LogP contribution is 2.22. The van der Waals surface area contributed by atoms with Crippen molar-refractivity contribution in [3.8, 4) is 0 Å². The van der Waals surface area contributed by atoms with Gasteiger partial charge in [-0.05, 0) is 24.6 Å². The maximum Gasteiger partial charge on any atom is 0.253 e. The quantitative estimate of drug-likeness (QED) is 0.799. The second kappa shape index (κ2) is 10.7. The SMILES string of the molecule is CCCCC(CN)NC(=O)c1cc(Cl)cc2cccnc12.Cl.Cl. The summed E-state index contributed by atoms with van der Waals surface area (Å²) in [6.45, 7) is 2.54. The van der Waals surface area contributed by atoms with E-state index in [1.807, 2.05) is 12.1 Å². The second-order valence-corrected chi connectivity index (χ2v) is 5.51. The topological polar surface area (TPSA) is 68.0 Å². The van der Waals surface area contributed by atoms with Gasteiger partial charge in [-0.15, -0.1) is 24.8 Å². The number of nitrogens with one attached hydrogen (secondary N) is 1. The smallest absolute Gasteiger partial charge is 0.253 e. The molecule has 23 heavy (non-hydrogen) atoms. The standard InChI is InChI=1S/C16H20ClN3O.2ClH/c1-2-3-6-13(10-18)20-16(21)14-9-12(17)8-11-5-4-7-19-15(11)14;;/h4-5,7-9,13H,2-3,6,10,18H2,1H3,(H,20,21);2*1H. The minimum atomic E-state index is -0.173. The Morgan fingerprint density at radius 2 is 2.13 bits per heavy atom. The van der Waals surface area contributed by atoms with Gasteiger partial charge in [0, 0.05) is 29.2 Å². The van der Waals surface area contributed by atoms with Gasteiger partial charge in [0.2, 0.25) is 0 Å². The van der Waals surface area contributed by atoms with Gasteiger partial charge in [0.15, 0.2) is 0 Å². The number of nitrogens with two attached hydrogens (primary N) is 1. The Balaban J connectivity index is 0.00000242. The van der Waals surface area contributed by atoms with Gasteiger partial charge in [-0.3, -0.25) is 9.78 Å². The molecule has 1 unspecified atom stereocenters. The first-order valence-electron chi connectivity index (χ1n) is 7.21. The van der Waals surface area contributed by atoms with Crippen LogP contribution in [-0.2, 0) is 0 Å². The van der Waals surface area contributed by atoms with Gasteiger partial charge in [0.25, 0.3) is 5.91 Å². The van der Waals surface area contributed by atoms with Gasteiger partial charge in [0.1, 0.15) is 0 Å². The Morgan fingerprint density at radius 1 is 1.39 bits per heavy atom. The number of pyridine rings is 1. The lowest BCUT2D eigenvalue weighted by Crippen LogP contribution is -2.40. The third kappa shape index (κ3) is 5.81. The number of hydrogen-bond donors (Lipinski definition) is 2. The summed E-state index contributed by atoms with van der Waals surface area (Å²) in [6.07, 6.45) is 4.67. The van der Waals surface area contributed by atoms with Crippen molar-refractivity contribution in [3.05, 3.63) is 41.0 Å². The minimum Gasteiger partial charge on any atom is -0.348 e. The number of halogens is 3. The number of carbonyl (C=O) groups excluding carboxylic acids is 1. The first-order valence-corrected chi connectivity index (χ1v) is 7.58. The molecule has 1 heterocycles. The molecule has 4 nitrogen and oxygen atoms in total. The molecular formula is C16H22Cl3N3O. The third-order valence-corrected chi connectivity index (χ3v) is 3.66. The summed E-state index contributed by atoms with van der Waals surface area (Å²) in [5, 5.41) is 4.36. The largest absolute Gasteiger partial charge is 0.348 e. The molecule has 2 rings (SSSR count). The van der Waals surface area contributed by atoms with E-state index in [0.29, 0.717) is 22.6 Å². The monoisotopic (exact) mass is 377 g/mol. The van der Waals surface area contributed by atoms with Crippen molar-refractivity contribution < 1.29 is 4.79 Å². The number of aromatic nitrogens is 1. The Hall–Kier alpha value is -1.07. The minimum absolute atomic E-state index is 0. The van der Waals surface area contributed by atoms with Gasteiger partial charge in [-0.2, -0.15) is 0 Å². The van der Waals surface area contributed by atoms with Crippen molar-refractivity contribution in [2.45, 2.75) is 32.2 Å². The zero-order valence-corrected chi connectivity index (χ0v) is 15.3. The molecule has 2 aromatic rings. The van der Waals surface area contributed by atoms with E-state index in [1.165, 1.54) is 0 Å². The van der Waals surface area contributed by atoms with Crippen molar-refractivity contribution in [2.75, 3.05) is 6.54 Å². The lowest BCUT2D eigenvalue weighted by atomic mass is 10.1. The predicted octanol–water partition coefficient (Wildman–Crippen LogP) is 3.98. The molecule has 1 aromatic heterocycles. The molecule has 1 atom stereocenters. The number of carbonyl (C=O) groups is 1. The summed E-state index contributed by atoms with van der Waals surface area (Å²) >= 11 is 6.09. The van der Waals surface area contributed by atoms with Gasteiger partial charge in [0.05, 0.1) is 11.1 Å². The lowest BCUT2D eigenvalue weighted by molar-refractivity contribution is 0.0937. The van der Waals surface area contributed by atoms with E-state index in [0.717, 1.165) is 24.6 Å². The van der Waals surface area contributed by atoms with E-state index in [-0.39, 0.29) is 36.8 Å². The van der Waals surface area contributed by atoms with Gasteiger partial charge in [-0.1, -0.05) is 37.4 Å². The van der Waals surface area contributed by atoms with Crippen LogP contribution < -0.4 is 11.1 Å². The van der Waals surface area contributed by atoms with E-state index in [4.69, 9.17) is 17.3 Å². The molecule has 0 aliphatic carbocycles. The van der Waals surface area contributed by atoms with Crippen LogP contribution in [0.4, 0.5) is 0 Å². The van der Waals surface area contributed by atoms with Gasteiger partial charge >= 0.3 is 0 Å². The number of unbranched alkanes of at least 4 members (excludes halogenated alkanes) is 1. The number of fused-ring (bicyclic) bond motifs is 1. The molecule has 3 N–H and O–H groups in total. The molecule has 0 radical (unpaired) electrons. The van der Waals surface area contributed by atoms with Crippen molar-refractivity contribution in [2.24, 2.45) is 5.73 Å². The molecule has 1 amide bonds. The summed E-state index contributed by atoms with van der Waals surface area (Å²) in [6, 6.07) is 7.15. The first-order chi connectivity index (χ1) is 10.2. The van der Waals surface area contributed by atoms with Crippen LogP contribution in [-0.4, -0.2) is 23.5 Å². The Morgan fingerprint density at radius 3 is 2.78 bits per heavy atom. The molecule has 0 aliphatic rings. The van der Waals surface area contributed by atoms with Crippen LogP contribution in [0.2, 0.25) is 5.02 Å². The van der Waals surface area contributed by atoms with E-state index < -0.39 is 0 Å². The summed E-state index contributed by atoms with van der Waals surface area (Å²) in [4.78, 5) is 16.8. The van der Waals surface area contributed by atoms with Gasteiger partial charge in [-0.25, -0.2) is 0 Å². The van der Waals surface area contributed by atoms with Crippen LogP contribution in [0.5, 0.6) is 0 Å². The van der Waals surface area contributed by atoms with Crippen LogP contribution in [0, 0.1) is 0 Å². The zero-order valence-electron chi connectivity index (χ0n) is 12.9. The number of amides is 1. The molecule has 7 heteroatoms. The third-order valence-electron chi connectivity index (χ3n) is 3.44. The Bertz CT molecular complexity index is 637. The molecular weight excluding hydrogens is 357 g/mol. The number of nitrogens with zero attached hydrogens (tertiary/aromatic N) is 1. The molecule has 0 saturated heterocycles. The number of rotatable bonds is 6. The van der Waals surface area contributed by atoms with Crippen molar-refractivity contribution in [1.29, 1.82) is 0 Å². The summed E-state index contributed by atoms with van der Waals surface area (Å²) in [5.41, 5.74) is 6.88. The zero-order chi connectivity index (χ0) is 15.2. The fourth-order valence-corrected chi connectivity index (χ4v) is 2.52. The van der Waals surface area contributed by atoms with Crippen LogP contribution >= 0.6 is 36.4 Å². The van der Waals surface area contributed by atoms with Crippen molar-refractivity contribution >= 4 is 53.2 Å². The molecule has 0 bridgehead atoms. The van der Waals surface area contributed by atoms with E-state index in [1.54, 1.807) is 18.3 Å². The van der Waals surface area contributed by atoms with E-state index in [9.17, 15) is 4.79 Å². The highest BCUT2D eigenvalue weighted by molar-refractivity contribution is 6.32. The predicted molar refractivity (Wildman–Crippen MR) is 101 cm³/mol. The molecule has 0 fully saturated rings. The van der Waals surface area contributed by atoms with E-state index in [2.05, 4.69) is 17.2 Å². The maximum atomic E-state index is 12.5. The summed E-state index contributed by atoms with van der Waals surface area (Å²) < 4.78 is 0. The normalized spacial score (nSPS) is 11.3. The summed E-state index contributed by atoms with van der Waals surface area (Å²) in [7, 11) is 0. The fraction of sp³-hybridized carbons (Fsp3) is 0.375. The lowest BCUT2D eigenvalue weighted by Gasteiger charge is -2.17. The van der Waals surface area contributed by atoms with Crippen molar-refractivity contribution in [3.63, 3.8) is 0 Å². The summed E-state index contributed by atoms with van der Waals surface area (Å²) in [5.74, 6) is -0.173. The number of hydrogen-bond acceptors (Lipinski definition) is 3. The highest BCUT2D eigenvalue weighted by atomic mass is 35.5. The number of benzene rings is 1. The average Bonchev–Trinajstić information content (AvgIpc) is 2.50. The van der Waals surface area contributed by atoms with E-state index >= 15 is 0 Å². The van der Waals surface area contributed by atoms with Gasteiger partial charge < -0.3 is 11.1 Å². The second-order valence-electron chi connectivity index (χ2n) is 5.08. The molecule has 0 spiro atoms. The maximum absolute atomic E-state index is 12.5. The first kappa shape index (κ1) is 21.9. The van der Waals surface area contributed by atoms with Crippen LogP contribution in [0.25, 0.3) is 10.9 Å². The van der Waals surface area contributed by atoms with Crippen LogP contribution in [0.1, 0.15) is 36.5 Å². The fourth-order valence-electron chi connectivity index (χ4n) is 2.29. The molecule has 1 aromatic carbocycles. The highest BCUT2D eigenvalue weighted by Gasteiger charge is 2.16.